The summed E-state index contributed by atoms with van der Waals surface area (Å²) in [7, 11) is 0. The lowest BCUT2D eigenvalue weighted by Crippen LogP contribution is -2.04. The van der Waals surface area contributed by atoms with Crippen LogP contribution in [0, 0.1) is 0 Å². The number of benzene rings is 1. The van der Waals surface area contributed by atoms with Crippen LogP contribution in [0.3, 0.4) is 0 Å². The summed E-state index contributed by atoms with van der Waals surface area (Å²) in [4.78, 5) is 30.7. The Bertz CT molecular complexity index is 627. The van der Waals surface area contributed by atoms with Crippen LogP contribution >= 0.6 is 23.5 Å². The maximum absolute atomic E-state index is 11.3. The van der Waals surface area contributed by atoms with Gasteiger partial charge in [0.05, 0.1) is 11.5 Å². The van der Waals surface area contributed by atoms with Gasteiger partial charge in [0.25, 0.3) is 11.8 Å². The van der Waals surface area contributed by atoms with Gasteiger partial charge in [0.1, 0.15) is 10.1 Å². The summed E-state index contributed by atoms with van der Waals surface area (Å²) in [6.45, 7) is 0. The molecule has 0 fully saturated rings. The van der Waals surface area contributed by atoms with Crippen LogP contribution in [-0.2, 0) is 9.59 Å². The Morgan fingerprint density at radius 3 is 1.95 bits per heavy atom. The third-order valence-corrected chi connectivity index (χ3v) is 4.64. The summed E-state index contributed by atoms with van der Waals surface area (Å²) in [6.07, 6.45) is 1.93. The normalized spacial score (nSPS) is 18.0. The monoisotopic (exact) mass is 302 g/mol. The summed E-state index contributed by atoms with van der Waals surface area (Å²) in [6, 6.07) is 9.74. The largest absolute Gasteiger partial charge is 0.272 e. The van der Waals surface area contributed by atoms with E-state index in [1.165, 1.54) is 23.5 Å². The minimum absolute atomic E-state index is 0.140. The van der Waals surface area contributed by atoms with Crippen molar-refractivity contribution in [1.29, 1.82) is 0 Å². The van der Waals surface area contributed by atoms with Gasteiger partial charge >= 0.3 is 0 Å². The van der Waals surface area contributed by atoms with E-state index in [0.29, 0.717) is 21.6 Å². The van der Waals surface area contributed by atoms with E-state index >= 15 is 0 Å². The number of carbonyl (C=O) groups excluding carboxylic acids is 2. The Morgan fingerprint density at radius 1 is 0.950 bits per heavy atom. The highest BCUT2D eigenvalue weighted by atomic mass is 32.2. The van der Waals surface area contributed by atoms with E-state index in [0.717, 1.165) is 11.1 Å². The number of rotatable bonds is 3. The van der Waals surface area contributed by atoms with E-state index in [2.05, 4.69) is 9.98 Å². The van der Waals surface area contributed by atoms with Crippen LogP contribution in [-0.4, -0.2) is 33.4 Å². The second-order valence-corrected chi connectivity index (χ2v) is 6.10. The Balaban J connectivity index is 2.02. The molecule has 0 N–H and O–H groups in total. The smallest absolute Gasteiger partial charge is 0.257 e. The van der Waals surface area contributed by atoms with Crippen LogP contribution in [0.1, 0.15) is 5.56 Å². The van der Waals surface area contributed by atoms with Crippen molar-refractivity contribution in [2.45, 2.75) is 0 Å². The van der Waals surface area contributed by atoms with E-state index in [1.807, 2.05) is 36.4 Å². The lowest BCUT2D eigenvalue weighted by atomic mass is 10.1. The summed E-state index contributed by atoms with van der Waals surface area (Å²) in [5.74, 6) is 0.429. The zero-order valence-corrected chi connectivity index (χ0v) is 12.0. The molecule has 0 unspecified atom stereocenters. The van der Waals surface area contributed by atoms with Crippen LogP contribution in [0.4, 0.5) is 0 Å². The molecule has 1 aromatic carbocycles. The van der Waals surface area contributed by atoms with Crippen LogP contribution in [0.2, 0.25) is 0 Å². The molecule has 0 radical (unpaired) electrons. The molecular formula is C14H10N2O2S2. The minimum atomic E-state index is -0.140. The van der Waals surface area contributed by atoms with Crippen molar-refractivity contribution in [2.75, 3.05) is 11.5 Å². The van der Waals surface area contributed by atoms with Gasteiger partial charge in [-0.3, -0.25) is 9.59 Å². The van der Waals surface area contributed by atoms with Gasteiger partial charge in [0, 0.05) is 5.57 Å². The van der Waals surface area contributed by atoms with Crippen LogP contribution < -0.4 is 0 Å². The number of carbonyl (C=O) groups is 2. The molecule has 2 heterocycles. The first-order chi connectivity index (χ1) is 9.72. The molecule has 0 saturated carbocycles. The zero-order valence-electron chi connectivity index (χ0n) is 10.4. The predicted molar refractivity (Wildman–Crippen MR) is 84.2 cm³/mol. The number of amides is 2. The molecule has 20 heavy (non-hydrogen) atoms. The first-order valence-electron chi connectivity index (χ1n) is 5.98. The van der Waals surface area contributed by atoms with Gasteiger partial charge in [-0.2, -0.15) is 0 Å². The van der Waals surface area contributed by atoms with Crippen molar-refractivity contribution in [1.82, 2.24) is 0 Å². The summed E-state index contributed by atoms with van der Waals surface area (Å²) in [5, 5.41) is 1.31. The SMILES string of the molecule is O=C1CSC(C(=Cc2ccccc2)C2=NC(=O)CS2)=N1. The topological polar surface area (TPSA) is 58.9 Å². The van der Waals surface area contributed by atoms with E-state index < -0.39 is 0 Å². The molecule has 2 amide bonds. The standard InChI is InChI=1S/C14H10N2O2S2/c17-11-7-19-13(15-11)10(14-16-12(18)8-20-14)6-9-4-2-1-3-5-9/h1-6H,7-8H2. The highest BCUT2D eigenvalue weighted by molar-refractivity contribution is 8.18. The van der Waals surface area contributed by atoms with Crippen molar-refractivity contribution in [2.24, 2.45) is 9.98 Å². The molecule has 2 aliphatic heterocycles. The van der Waals surface area contributed by atoms with Crippen molar-refractivity contribution < 1.29 is 9.59 Å². The molecule has 1 aromatic rings. The molecule has 6 heteroatoms. The number of aliphatic imine (C=N–C) groups is 2. The van der Waals surface area contributed by atoms with Gasteiger partial charge in [-0.1, -0.05) is 53.9 Å². The molecule has 100 valence electrons. The molecule has 0 spiro atoms. The zero-order chi connectivity index (χ0) is 13.9. The highest BCUT2D eigenvalue weighted by Crippen LogP contribution is 2.29. The molecule has 0 saturated heterocycles. The first-order valence-corrected chi connectivity index (χ1v) is 7.95. The van der Waals surface area contributed by atoms with Gasteiger partial charge in [0.15, 0.2) is 0 Å². The van der Waals surface area contributed by atoms with Crippen molar-refractivity contribution in [3.05, 3.63) is 41.5 Å². The summed E-state index contributed by atoms with van der Waals surface area (Å²) >= 11 is 2.79. The number of thioether (sulfide) groups is 2. The van der Waals surface area contributed by atoms with E-state index in [4.69, 9.17) is 0 Å². The average molecular weight is 302 g/mol. The molecule has 4 nitrogen and oxygen atoms in total. The number of hydrogen-bond acceptors (Lipinski definition) is 4. The Labute approximate surface area is 124 Å². The third kappa shape index (κ3) is 2.91. The highest BCUT2D eigenvalue weighted by Gasteiger charge is 2.26. The van der Waals surface area contributed by atoms with Crippen LogP contribution in [0.5, 0.6) is 0 Å². The third-order valence-electron chi connectivity index (χ3n) is 2.69. The molecule has 0 atom stereocenters. The van der Waals surface area contributed by atoms with Crippen molar-refractivity contribution >= 4 is 51.5 Å². The second kappa shape index (κ2) is 5.76. The molecule has 2 aliphatic rings. The van der Waals surface area contributed by atoms with Gasteiger partial charge < -0.3 is 0 Å². The Morgan fingerprint density at radius 2 is 1.50 bits per heavy atom. The Hall–Kier alpha value is -1.66. The predicted octanol–water partition coefficient (Wildman–Crippen LogP) is 2.41. The molecular weight excluding hydrogens is 292 g/mol. The molecule has 0 aromatic heterocycles. The van der Waals surface area contributed by atoms with Crippen molar-refractivity contribution in [3.63, 3.8) is 0 Å². The summed E-state index contributed by atoms with van der Waals surface area (Å²) in [5.41, 5.74) is 1.76. The maximum Gasteiger partial charge on any atom is 0.257 e. The van der Waals surface area contributed by atoms with Crippen LogP contribution in [0.15, 0.2) is 45.9 Å². The fourth-order valence-electron chi connectivity index (χ4n) is 1.82. The molecule has 0 aliphatic carbocycles. The maximum atomic E-state index is 11.3. The van der Waals surface area contributed by atoms with Gasteiger partial charge in [-0.05, 0) is 11.6 Å². The lowest BCUT2D eigenvalue weighted by molar-refractivity contribution is -0.116. The van der Waals surface area contributed by atoms with Gasteiger partial charge in [-0.25, -0.2) is 9.98 Å². The fraction of sp³-hybridized carbons (Fsp3) is 0.143. The minimum Gasteiger partial charge on any atom is -0.272 e. The second-order valence-electron chi connectivity index (χ2n) is 4.17. The quantitative estimate of drug-likeness (QED) is 0.860. The summed E-state index contributed by atoms with van der Waals surface area (Å²) < 4.78 is 0. The van der Waals surface area contributed by atoms with E-state index in [1.54, 1.807) is 0 Å². The van der Waals surface area contributed by atoms with Crippen LogP contribution in [0.25, 0.3) is 6.08 Å². The Kier molecular flexibility index (Phi) is 3.84. The molecule has 0 bridgehead atoms. The van der Waals surface area contributed by atoms with Crippen molar-refractivity contribution in [3.8, 4) is 0 Å². The number of hydrogen-bond donors (Lipinski definition) is 0. The number of nitrogens with zero attached hydrogens (tertiary/aromatic N) is 2. The first kappa shape index (κ1) is 13.3. The molecule has 3 rings (SSSR count). The van der Waals surface area contributed by atoms with E-state index in [-0.39, 0.29) is 11.8 Å². The lowest BCUT2D eigenvalue weighted by Gasteiger charge is -2.05. The average Bonchev–Trinajstić information content (AvgIpc) is 3.06. The fourth-order valence-corrected chi connectivity index (χ4v) is 3.49. The van der Waals surface area contributed by atoms with E-state index in [9.17, 15) is 9.59 Å². The van der Waals surface area contributed by atoms with Gasteiger partial charge in [-0.15, -0.1) is 0 Å². The van der Waals surface area contributed by atoms with Gasteiger partial charge in [0.2, 0.25) is 0 Å².